The Balaban J connectivity index is 2.16. The summed E-state index contributed by atoms with van der Waals surface area (Å²) in [7, 11) is 1.41. The first-order chi connectivity index (χ1) is 9.52. The van der Waals surface area contributed by atoms with Gasteiger partial charge in [-0.2, -0.15) is 0 Å². The van der Waals surface area contributed by atoms with E-state index < -0.39 is 0 Å². The van der Waals surface area contributed by atoms with Crippen molar-refractivity contribution in [3.05, 3.63) is 35.6 Å². The molecule has 1 saturated carbocycles. The van der Waals surface area contributed by atoms with Crippen LogP contribution in [0.5, 0.6) is 0 Å². The summed E-state index contributed by atoms with van der Waals surface area (Å²) in [6.45, 7) is 3.98. The number of halogens is 1. The molecule has 0 aliphatic heterocycles. The highest BCUT2D eigenvalue weighted by molar-refractivity contribution is 5.76. The molecule has 0 aromatic heterocycles. The van der Waals surface area contributed by atoms with Gasteiger partial charge in [0.05, 0.1) is 7.11 Å². The summed E-state index contributed by atoms with van der Waals surface area (Å²) in [4.78, 5) is 11.9. The van der Waals surface area contributed by atoms with E-state index >= 15 is 0 Å². The largest absolute Gasteiger partial charge is 0.468 e. The number of carbonyl (C=O) groups is 1. The molecule has 2 unspecified atom stereocenters. The molecule has 1 aromatic rings. The minimum absolute atomic E-state index is 0.0853. The van der Waals surface area contributed by atoms with Gasteiger partial charge in [0.25, 0.3) is 0 Å². The number of esters is 1. The number of nitrogens with one attached hydrogen (secondary N) is 1. The SMILES string of the molecule is COC(=O)C(NC(c1ccc(F)cc1)C1CC1)C(C)C. The maximum absolute atomic E-state index is 13.0. The van der Waals surface area contributed by atoms with E-state index in [0.29, 0.717) is 5.92 Å². The van der Waals surface area contributed by atoms with Crippen LogP contribution in [-0.2, 0) is 9.53 Å². The summed E-state index contributed by atoms with van der Waals surface area (Å²) in [6.07, 6.45) is 2.28. The highest BCUT2D eigenvalue weighted by Gasteiger charge is 2.36. The molecule has 1 aromatic carbocycles. The Labute approximate surface area is 119 Å². The third-order valence-corrected chi connectivity index (χ3v) is 3.80. The van der Waals surface area contributed by atoms with Gasteiger partial charge >= 0.3 is 5.97 Å². The van der Waals surface area contributed by atoms with Gasteiger partial charge in [-0.25, -0.2) is 4.39 Å². The van der Waals surface area contributed by atoms with Crippen molar-refractivity contribution in [1.82, 2.24) is 5.32 Å². The predicted octanol–water partition coefficient (Wildman–Crippen LogP) is 3.06. The molecule has 1 aliphatic carbocycles. The lowest BCUT2D eigenvalue weighted by atomic mass is 9.97. The highest BCUT2D eigenvalue weighted by atomic mass is 19.1. The number of methoxy groups -OCH3 is 1. The van der Waals surface area contributed by atoms with Crippen LogP contribution < -0.4 is 5.32 Å². The van der Waals surface area contributed by atoms with Crippen LogP contribution in [0.3, 0.4) is 0 Å². The molecule has 0 spiro atoms. The molecule has 1 aliphatic rings. The third kappa shape index (κ3) is 3.57. The minimum atomic E-state index is -0.337. The van der Waals surface area contributed by atoms with Gasteiger partial charge in [-0.3, -0.25) is 10.1 Å². The molecular weight excluding hydrogens is 257 g/mol. The van der Waals surface area contributed by atoms with Gasteiger partial charge in [-0.15, -0.1) is 0 Å². The molecule has 0 radical (unpaired) electrons. The number of hydrogen-bond donors (Lipinski definition) is 1. The van der Waals surface area contributed by atoms with E-state index in [9.17, 15) is 9.18 Å². The van der Waals surface area contributed by atoms with Crippen molar-refractivity contribution < 1.29 is 13.9 Å². The molecule has 20 heavy (non-hydrogen) atoms. The molecule has 2 atom stereocenters. The van der Waals surface area contributed by atoms with Crippen molar-refractivity contribution in [2.75, 3.05) is 7.11 Å². The van der Waals surface area contributed by atoms with Gasteiger partial charge in [0.15, 0.2) is 0 Å². The van der Waals surface area contributed by atoms with Crippen molar-refractivity contribution in [1.29, 1.82) is 0 Å². The maximum Gasteiger partial charge on any atom is 0.323 e. The van der Waals surface area contributed by atoms with Gasteiger partial charge < -0.3 is 4.74 Å². The highest BCUT2D eigenvalue weighted by Crippen LogP contribution is 2.41. The van der Waals surface area contributed by atoms with Gasteiger partial charge in [0.2, 0.25) is 0 Å². The first-order valence-electron chi connectivity index (χ1n) is 7.12. The molecule has 3 nitrogen and oxygen atoms in total. The van der Waals surface area contributed by atoms with Crippen LogP contribution in [0.25, 0.3) is 0 Å². The van der Waals surface area contributed by atoms with Crippen molar-refractivity contribution in [3.63, 3.8) is 0 Å². The molecule has 0 saturated heterocycles. The fourth-order valence-electron chi connectivity index (χ4n) is 2.46. The maximum atomic E-state index is 13.0. The Kier molecular flexibility index (Phi) is 4.76. The fraction of sp³-hybridized carbons (Fsp3) is 0.562. The lowest BCUT2D eigenvalue weighted by Gasteiger charge is -2.27. The first-order valence-corrected chi connectivity index (χ1v) is 7.12. The second-order valence-electron chi connectivity index (χ2n) is 5.78. The van der Waals surface area contributed by atoms with Gasteiger partial charge in [0.1, 0.15) is 11.9 Å². The van der Waals surface area contributed by atoms with Crippen molar-refractivity contribution >= 4 is 5.97 Å². The van der Waals surface area contributed by atoms with Crippen LogP contribution in [0.4, 0.5) is 4.39 Å². The molecule has 0 amide bonds. The average molecular weight is 279 g/mol. The van der Waals surface area contributed by atoms with E-state index in [2.05, 4.69) is 5.32 Å². The zero-order valence-electron chi connectivity index (χ0n) is 12.2. The number of hydrogen-bond acceptors (Lipinski definition) is 3. The molecule has 1 N–H and O–H groups in total. The summed E-state index contributed by atoms with van der Waals surface area (Å²) < 4.78 is 17.9. The normalized spacial score (nSPS) is 17.9. The molecule has 4 heteroatoms. The van der Waals surface area contributed by atoms with Gasteiger partial charge in [-0.1, -0.05) is 26.0 Å². The smallest absolute Gasteiger partial charge is 0.323 e. The van der Waals surface area contributed by atoms with Crippen LogP contribution >= 0.6 is 0 Å². The molecule has 2 rings (SSSR count). The Morgan fingerprint density at radius 1 is 1.30 bits per heavy atom. The zero-order chi connectivity index (χ0) is 14.7. The topological polar surface area (TPSA) is 38.3 Å². The van der Waals surface area contributed by atoms with Crippen LogP contribution in [0, 0.1) is 17.7 Å². The summed E-state index contributed by atoms with van der Waals surface area (Å²) in [5, 5.41) is 3.40. The first kappa shape index (κ1) is 15.0. The second-order valence-corrected chi connectivity index (χ2v) is 5.78. The number of ether oxygens (including phenoxy) is 1. The van der Waals surface area contributed by atoms with Crippen LogP contribution in [-0.4, -0.2) is 19.1 Å². The number of benzene rings is 1. The second kappa shape index (κ2) is 6.35. The van der Waals surface area contributed by atoms with Gasteiger partial charge in [0, 0.05) is 6.04 Å². The minimum Gasteiger partial charge on any atom is -0.468 e. The van der Waals surface area contributed by atoms with Crippen LogP contribution in [0.1, 0.15) is 38.3 Å². The lowest BCUT2D eigenvalue weighted by molar-refractivity contribution is -0.144. The Morgan fingerprint density at radius 2 is 1.90 bits per heavy atom. The van der Waals surface area contributed by atoms with E-state index in [0.717, 1.165) is 18.4 Å². The molecular formula is C16H22FNO2. The van der Waals surface area contributed by atoms with Gasteiger partial charge in [-0.05, 0) is 42.4 Å². The van der Waals surface area contributed by atoms with E-state index in [1.54, 1.807) is 12.1 Å². The molecule has 0 bridgehead atoms. The zero-order valence-corrected chi connectivity index (χ0v) is 12.2. The predicted molar refractivity (Wildman–Crippen MR) is 75.6 cm³/mol. The summed E-state index contributed by atoms with van der Waals surface area (Å²) in [6, 6.07) is 6.27. The van der Waals surface area contributed by atoms with Crippen molar-refractivity contribution in [2.24, 2.45) is 11.8 Å². The van der Waals surface area contributed by atoms with Crippen molar-refractivity contribution in [3.8, 4) is 0 Å². The third-order valence-electron chi connectivity index (χ3n) is 3.80. The molecule has 110 valence electrons. The molecule has 1 fully saturated rings. The quantitative estimate of drug-likeness (QED) is 0.813. The van der Waals surface area contributed by atoms with Crippen LogP contribution in [0.2, 0.25) is 0 Å². The standard InChI is InChI=1S/C16H22FNO2/c1-10(2)14(16(19)20-3)18-15(11-4-5-11)12-6-8-13(17)9-7-12/h6-11,14-15,18H,4-5H2,1-3H3. The lowest BCUT2D eigenvalue weighted by Crippen LogP contribution is -2.44. The van der Waals surface area contributed by atoms with Crippen LogP contribution in [0.15, 0.2) is 24.3 Å². The van der Waals surface area contributed by atoms with E-state index in [1.807, 2.05) is 13.8 Å². The van der Waals surface area contributed by atoms with E-state index in [4.69, 9.17) is 4.74 Å². The number of rotatable bonds is 6. The fourth-order valence-corrected chi connectivity index (χ4v) is 2.46. The average Bonchev–Trinajstić information content (AvgIpc) is 3.24. The number of carbonyl (C=O) groups excluding carboxylic acids is 1. The summed E-state index contributed by atoms with van der Waals surface area (Å²) in [5.41, 5.74) is 1.03. The summed E-state index contributed by atoms with van der Waals surface area (Å²) >= 11 is 0. The summed E-state index contributed by atoms with van der Waals surface area (Å²) in [5.74, 6) is 0.181. The Hall–Kier alpha value is -1.42. The van der Waals surface area contributed by atoms with E-state index in [1.165, 1.54) is 19.2 Å². The monoisotopic (exact) mass is 279 g/mol. The Bertz CT molecular complexity index is 454. The Morgan fingerprint density at radius 3 is 2.35 bits per heavy atom. The van der Waals surface area contributed by atoms with Crippen molar-refractivity contribution in [2.45, 2.75) is 38.8 Å². The van der Waals surface area contributed by atoms with E-state index in [-0.39, 0.29) is 29.8 Å². The molecule has 0 heterocycles.